The van der Waals surface area contributed by atoms with E-state index in [-0.39, 0.29) is 40.4 Å². The van der Waals surface area contributed by atoms with Crippen LogP contribution in [0.2, 0.25) is 5.15 Å². The fraction of sp³-hybridized carbons (Fsp3) is 0.692. The van der Waals surface area contributed by atoms with Crippen molar-refractivity contribution in [1.29, 1.82) is 0 Å². The predicted molar refractivity (Wildman–Crippen MR) is 138 cm³/mol. The molecule has 6 rings (SSSR count). The summed E-state index contributed by atoms with van der Waals surface area (Å²) in [5, 5.41) is 0.272. The number of unbranched alkanes of at least 4 members (excludes halogenated alkanes) is 1. The van der Waals surface area contributed by atoms with Gasteiger partial charge >= 0.3 is 12.1 Å². The molecule has 0 aliphatic carbocycles. The number of anilines is 1. The lowest BCUT2D eigenvalue weighted by Gasteiger charge is -2.41. The summed E-state index contributed by atoms with van der Waals surface area (Å²) in [6.45, 7) is 6.34. The van der Waals surface area contributed by atoms with Gasteiger partial charge in [0.2, 0.25) is 0 Å². The fourth-order valence-electron chi connectivity index (χ4n) is 6.72. The van der Waals surface area contributed by atoms with Crippen LogP contribution < -0.4 is 9.64 Å². The number of hydrogen-bond donors (Lipinski definition) is 0. The second kappa shape index (κ2) is 10.0. The van der Waals surface area contributed by atoms with Crippen molar-refractivity contribution >= 4 is 34.4 Å². The molecule has 0 saturated carbocycles. The van der Waals surface area contributed by atoms with Crippen LogP contribution in [-0.4, -0.2) is 87.9 Å². The summed E-state index contributed by atoms with van der Waals surface area (Å²) in [7, 11) is 0. The lowest BCUT2D eigenvalue weighted by molar-refractivity contribution is 0.0776. The molecule has 2 bridgehead atoms. The zero-order chi connectivity index (χ0) is 25.6. The molecule has 0 radical (unpaired) electrons. The molecular weight excluding hydrogens is 499 g/mol. The Labute approximate surface area is 221 Å². The number of carbonyl (C=O) groups is 1. The Bertz CT molecular complexity index is 1160. The highest BCUT2D eigenvalue weighted by molar-refractivity contribution is 6.30. The first kappa shape index (κ1) is 24.9. The molecule has 11 heteroatoms. The van der Waals surface area contributed by atoms with Gasteiger partial charge in [0, 0.05) is 19.3 Å². The van der Waals surface area contributed by atoms with Crippen molar-refractivity contribution in [2.24, 2.45) is 0 Å². The molecule has 2 aromatic heterocycles. The zero-order valence-electron chi connectivity index (χ0n) is 21.3. The minimum absolute atomic E-state index is 0.0109. The third-order valence-electron chi connectivity index (χ3n) is 8.60. The molecule has 4 aliphatic rings. The minimum Gasteiger partial charge on any atom is -0.461 e. The molecule has 2 atom stereocenters. The second-order valence-electron chi connectivity index (χ2n) is 10.8. The first-order chi connectivity index (χ1) is 18.0. The van der Waals surface area contributed by atoms with Crippen LogP contribution in [0.3, 0.4) is 0 Å². The van der Waals surface area contributed by atoms with E-state index in [9.17, 15) is 4.79 Å². The maximum absolute atomic E-state index is 15.1. The van der Waals surface area contributed by atoms with E-state index in [1.165, 1.54) is 6.20 Å². The molecule has 2 unspecified atom stereocenters. The second-order valence-corrected chi connectivity index (χ2v) is 11.2. The van der Waals surface area contributed by atoms with E-state index < -0.39 is 5.82 Å². The van der Waals surface area contributed by atoms with Gasteiger partial charge in [-0.2, -0.15) is 9.97 Å². The van der Waals surface area contributed by atoms with Gasteiger partial charge in [-0.3, -0.25) is 9.80 Å². The predicted octanol–water partition coefficient (Wildman–Crippen LogP) is 4.41. The fourth-order valence-corrected chi connectivity index (χ4v) is 6.86. The van der Waals surface area contributed by atoms with E-state index in [1.807, 2.05) is 4.90 Å². The van der Waals surface area contributed by atoms with E-state index in [0.29, 0.717) is 37.5 Å². The molecule has 2 aromatic rings. The number of nitrogens with zero attached hydrogens (tertiary/aromatic N) is 6. The maximum Gasteiger partial charge on any atom is 0.410 e. The molecular formula is C26H34ClFN6O3. The Morgan fingerprint density at radius 3 is 2.62 bits per heavy atom. The van der Waals surface area contributed by atoms with Gasteiger partial charge in [-0.1, -0.05) is 24.9 Å². The molecule has 37 heavy (non-hydrogen) atoms. The van der Waals surface area contributed by atoms with E-state index in [1.54, 1.807) is 0 Å². The third-order valence-corrected chi connectivity index (χ3v) is 8.86. The van der Waals surface area contributed by atoms with Crippen LogP contribution in [0.4, 0.5) is 15.0 Å². The first-order valence-corrected chi connectivity index (χ1v) is 14.0. The molecule has 200 valence electrons. The quantitative estimate of drug-likeness (QED) is 0.383. The van der Waals surface area contributed by atoms with E-state index in [0.717, 1.165) is 64.5 Å². The molecule has 0 spiro atoms. The van der Waals surface area contributed by atoms with Gasteiger partial charge in [-0.15, -0.1) is 0 Å². The van der Waals surface area contributed by atoms with E-state index in [4.69, 9.17) is 26.1 Å². The average molecular weight is 533 g/mol. The van der Waals surface area contributed by atoms with Gasteiger partial charge in [-0.05, 0) is 58.0 Å². The largest absolute Gasteiger partial charge is 0.461 e. The monoisotopic (exact) mass is 532 g/mol. The van der Waals surface area contributed by atoms with Gasteiger partial charge in [0.15, 0.2) is 11.0 Å². The minimum atomic E-state index is -0.671. The summed E-state index contributed by atoms with van der Waals surface area (Å²) in [6, 6.07) is 0.180. The Kier molecular flexibility index (Phi) is 6.73. The van der Waals surface area contributed by atoms with Gasteiger partial charge < -0.3 is 14.4 Å². The smallest absolute Gasteiger partial charge is 0.410 e. The molecule has 4 fully saturated rings. The topological polar surface area (TPSA) is 83.9 Å². The first-order valence-electron chi connectivity index (χ1n) is 13.6. The van der Waals surface area contributed by atoms with Gasteiger partial charge in [0.05, 0.1) is 29.6 Å². The highest BCUT2D eigenvalue weighted by atomic mass is 35.5. The number of hydrogen-bond acceptors (Lipinski definition) is 8. The summed E-state index contributed by atoms with van der Waals surface area (Å²) in [5.74, 6) is -0.0959. The van der Waals surface area contributed by atoms with Crippen LogP contribution in [0.25, 0.3) is 10.9 Å². The summed E-state index contributed by atoms with van der Waals surface area (Å²) in [6.07, 6.45) is 9.43. The van der Waals surface area contributed by atoms with Crippen molar-refractivity contribution in [3.63, 3.8) is 0 Å². The van der Waals surface area contributed by atoms with E-state index in [2.05, 4.69) is 26.7 Å². The molecule has 4 aliphatic heterocycles. The lowest BCUT2D eigenvalue weighted by Crippen LogP contribution is -2.56. The summed E-state index contributed by atoms with van der Waals surface area (Å²) >= 11 is 6.03. The zero-order valence-corrected chi connectivity index (χ0v) is 22.1. The average Bonchev–Trinajstić information content (AvgIpc) is 3.55. The van der Waals surface area contributed by atoms with Crippen molar-refractivity contribution in [3.8, 4) is 6.01 Å². The summed E-state index contributed by atoms with van der Waals surface area (Å²) < 4.78 is 26.9. The van der Waals surface area contributed by atoms with Gasteiger partial charge in [-0.25, -0.2) is 14.2 Å². The molecule has 0 N–H and O–H groups in total. The van der Waals surface area contributed by atoms with Crippen LogP contribution in [0, 0.1) is 5.82 Å². The normalized spacial score (nSPS) is 24.6. The third kappa shape index (κ3) is 4.46. The van der Waals surface area contributed by atoms with Crippen molar-refractivity contribution in [2.45, 2.75) is 75.9 Å². The Morgan fingerprint density at radius 1 is 1.19 bits per heavy atom. The van der Waals surface area contributed by atoms with Crippen LogP contribution in [0.5, 0.6) is 6.01 Å². The van der Waals surface area contributed by atoms with Crippen molar-refractivity contribution in [1.82, 2.24) is 24.8 Å². The van der Waals surface area contributed by atoms with E-state index >= 15 is 4.39 Å². The number of halogens is 2. The number of fused-ring (bicyclic) bond motifs is 4. The standard InChI is InChI=1S/C26H34ClFN6O3/c1-2-3-12-36-25(35)34-17-6-7-18(34)15-32(14-17)23-19-13-29-22(27)20(28)21(19)30-24(31-23)37-16-26-8-4-10-33(26)11-5-9-26/h13,17-18H,2-12,14-16H2,1H3. The lowest BCUT2D eigenvalue weighted by atomic mass is 9.95. The van der Waals surface area contributed by atoms with Crippen LogP contribution in [0.1, 0.15) is 58.3 Å². The Hall–Kier alpha value is -2.46. The van der Waals surface area contributed by atoms with Crippen LogP contribution in [0.15, 0.2) is 6.20 Å². The number of ether oxygens (including phenoxy) is 2. The number of aromatic nitrogens is 3. The molecule has 0 aromatic carbocycles. The van der Waals surface area contributed by atoms with Gasteiger partial charge in [0.25, 0.3) is 0 Å². The molecule has 6 heterocycles. The van der Waals surface area contributed by atoms with Crippen molar-refractivity contribution in [3.05, 3.63) is 17.2 Å². The Balaban J connectivity index is 1.27. The number of piperazine rings is 1. The molecule has 4 saturated heterocycles. The molecule has 9 nitrogen and oxygen atoms in total. The number of amides is 1. The highest BCUT2D eigenvalue weighted by Gasteiger charge is 2.46. The van der Waals surface area contributed by atoms with Crippen LogP contribution in [-0.2, 0) is 4.74 Å². The van der Waals surface area contributed by atoms with Crippen molar-refractivity contribution in [2.75, 3.05) is 44.3 Å². The summed E-state index contributed by atoms with van der Waals surface area (Å²) in [5.41, 5.74) is 0.136. The van der Waals surface area contributed by atoms with Gasteiger partial charge in [0.1, 0.15) is 17.9 Å². The number of carbonyl (C=O) groups excluding carboxylic acids is 1. The number of rotatable bonds is 7. The molecule has 1 amide bonds. The Morgan fingerprint density at radius 2 is 1.92 bits per heavy atom. The highest BCUT2D eigenvalue weighted by Crippen LogP contribution is 2.40. The SMILES string of the molecule is CCCCOC(=O)N1C2CCC1CN(c1nc(OCC34CCCN3CCC4)nc3c(F)c(Cl)ncc13)C2. The maximum atomic E-state index is 15.1. The number of pyridine rings is 1. The van der Waals surface area contributed by atoms with Crippen molar-refractivity contribution < 1.29 is 18.7 Å². The van der Waals surface area contributed by atoms with Crippen LogP contribution >= 0.6 is 11.6 Å². The summed E-state index contributed by atoms with van der Waals surface area (Å²) in [4.78, 5) is 32.5.